The molecule has 72 valence electrons. The predicted octanol–water partition coefficient (Wildman–Crippen LogP) is 1.82. The first-order valence-electron chi connectivity index (χ1n) is 3.79. The summed E-state index contributed by atoms with van der Waals surface area (Å²) in [5.41, 5.74) is 6.13. The van der Waals surface area contributed by atoms with Crippen LogP contribution in [0.25, 0.3) is 0 Å². The van der Waals surface area contributed by atoms with Gasteiger partial charge in [-0.1, -0.05) is 17.8 Å². The van der Waals surface area contributed by atoms with Gasteiger partial charge >= 0.3 is 0 Å². The van der Waals surface area contributed by atoms with E-state index in [1.165, 1.54) is 18.2 Å². The lowest BCUT2D eigenvalue weighted by Gasteiger charge is -2.02. The highest BCUT2D eigenvalue weighted by Gasteiger charge is 2.04. The molecule has 0 aliphatic carbocycles. The average Bonchev–Trinajstić information content (AvgIpc) is 2.15. The summed E-state index contributed by atoms with van der Waals surface area (Å²) in [4.78, 5) is 0. The molecule has 5 heteroatoms. The van der Waals surface area contributed by atoms with Gasteiger partial charge in [-0.2, -0.15) is 5.26 Å². The van der Waals surface area contributed by atoms with Crippen molar-refractivity contribution >= 4 is 16.9 Å². The fourth-order valence-electron chi connectivity index (χ4n) is 0.934. The molecule has 0 aromatic heterocycles. The quantitative estimate of drug-likeness (QED) is 0.576. The third kappa shape index (κ3) is 2.75. The largest absolute Gasteiger partial charge is 0.379 e. The van der Waals surface area contributed by atoms with E-state index in [-0.39, 0.29) is 5.17 Å². The molecule has 1 aromatic rings. The topological polar surface area (TPSA) is 73.7 Å². The second-order valence-electron chi connectivity index (χ2n) is 2.57. The van der Waals surface area contributed by atoms with E-state index in [2.05, 4.69) is 0 Å². The van der Waals surface area contributed by atoms with Gasteiger partial charge in [-0.05, 0) is 17.7 Å². The minimum Gasteiger partial charge on any atom is -0.379 e. The second kappa shape index (κ2) is 4.63. The van der Waals surface area contributed by atoms with Crippen LogP contribution in [0.1, 0.15) is 11.1 Å². The van der Waals surface area contributed by atoms with Crippen LogP contribution >= 0.6 is 11.8 Å². The van der Waals surface area contributed by atoms with Gasteiger partial charge in [0.05, 0.1) is 11.6 Å². The number of nitrogens with two attached hydrogens (primary N) is 1. The number of nitriles is 1. The van der Waals surface area contributed by atoms with Crippen LogP contribution in [-0.4, -0.2) is 5.17 Å². The van der Waals surface area contributed by atoms with Gasteiger partial charge < -0.3 is 5.73 Å². The molecule has 0 aliphatic heterocycles. The molecule has 0 bridgehead atoms. The summed E-state index contributed by atoms with van der Waals surface area (Å²) in [5, 5.41) is 15.7. The number of benzene rings is 1. The number of hydrogen-bond donors (Lipinski definition) is 2. The number of nitrogens with one attached hydrogen (secondary N) is 1. The highest BCUT2D eigenvalue weighted by molar-refractivity contribution is 8.13. The maximum Gasteiger partial charge on any atom is 0.151 e. The van der Waals surface area contributed by atoms with E-state index in [0.717, 1.165) is 11.8 Å². The van der Waals surface area contributed by atoms with Crippen LogP contribution in [0.4, 0.5) is 4.39 Å². The van der Waals surface area contributed by atoms with E-state index in [9.17, 15) is 4.39 Å². The van der Waals surface area contributed by atoms with E-state index in [1.54, 1.807) is 0 Å². The maximum atomic E-state index is 12.7. The van der Waals surface area contributed by atoms with Gasteiger partial charge in [-0.15, -0.1) is 0 Å². The van der Waals surface area contributed by atoms with Crippen molar-refractivity contribution in [2.75, 3.05) is 0 Å². The van der Waals surface area contributed by atoms with Crippen molar-refractivity contribution < 1.29 is 4.39 Å². The minimum atomic E-state index is -0.432. The molecule has 0 atom stereocenters. The average molecular weight is 209 g/mol. The fraction of sp³-hybridized carbons (Fsp3) is 0.111. The summed E-state index contributed by atoms with van der Waals surface area (Å²) in [6, 6.07) is 5.89. The normalized spacial score (nSPS) is 9.43. The number of thioether (sulfide) groups is 1. The zero-order chi connectivity index (χ0) is 10.6. The van der Waals surface area contributed by atoms with Crippen molar-refractivity contribution in [2.24, 2.45) is 5.73 Å². The van der Waals surface area contributed by atoms with Crippen LogP contribution in [0.15, 0.2) is 18.2 Å². The van der Waals surface area contributed by atoms with Crippen molar-refractivity contribution in [3.8, 4) is 6.07 Å². The molecule has 3 nitrogen and oxygen atoms in total. The minimum absolute atomic E-state index is 0.0155. The SMILES string of the molecule is N#Cc1cc(F)ccc1CSC(=N)N. The smallest absolute Gasteiger partial charge is 0.151 e. The first kappa shape index (κ1) is 10.5. The molecule has 0 unspecified atom stereocenters. The number of amidine groups is 1. The number of halogens is 1. The van der Waals surface area contributed by atoms with Gasteiger partial charge in [-0.3, -0.25) is 5.41 Å². The Labute approximate surface area is 85.2 Å². The molecule has 0 amide bonds. The molecule has 0 spiro atoms. The molecule has 0 heterocycles. The Morgan fingerprint density at radius 3 is 2.93 bits per heavy atom. The lowest BCUT2D eigenvalue weighted by molar-refractivity contribution is 0.627. The highest BCUT2D eigenvalue weighted by atomic mass is 32.2. The van der Waals surface area contributed by atoms with E-state index in [0.29, 0.717) is 16.9 Å². The van der Waals surface area contributed by atoms with Crippen LogP contribution in [0, 0.1) is 22.6 Å². The zero-order valence-electron chi connectivity index (χ0n) is 7.25. The molecule has 0 fully saturated rings. The van der Waals surface area contributed by atoms with Gasteiger partial charge in [0.1, 0.15) is 5.82 Å². The third-order valence-corrected chi connectivity index (χ3v) is 2.34. The van der Waals surface area contributed by atoms with Crippen LogP contribution < -0.4 is 5.73 Å². The summed E-state index contributed by atoms with van der Waals surface area (Å²) in [5.74, 6) is -0.0171. The Bertz CT molecular complexity index is 398. The molecular formula is C9H8FN3S. The Morgan fingerprint density at radius 2 is 2.36 bits per heavy atom. The van der Waals surface area contributed by atoms with Crippen molar-refractivity contribution in [3.05, 3.63) is 35.1 Å². The van der Waals surface area contributed by atoms with Crippen molar-refractivity contribution in [1.29, 1.82) is 10.7 Å². The fourth-order valence-corrected chi connectivity index (χ4v) is 1.50. The lowest BCUT2D eigenvalue weighted by Crippen LogP contribution is -2.04. The lowest BCUT2D eigenvalue weighted by atomic mass is 10.1. The van der Waals surface area contributed by atoms with Gasteiger partial charge in [0.2, 0.25) is 0 Å². The van der Waals surface area contributed by atoms with Gasteiger partial charge in [0.15, 0.2) is 5.17 Å². The highest BCUT2D eigenvalue weighted by Crippen LogP contribution is 2.16. The van der Waals surface area contributed by atoms with Gasteiger partial charge in [0, 0.05) is 5.75 Å². The van der Waals surface area contributed by atoms with Gasteiger partial charge in [-0.25, -0.2) is 4.39 Å². The third-order valence-electron chi connectivity index (χ3n) is 1.58. The first-order chi connectivity index (χ1) is 6.63. The predicted molar refractivity (Wildman–Crippen MR) is 54.3 cm³/mol. The monoisotopic (exact) mass is 209 g/mol. The first-order valence-corrected chi connectivity index (χ1v) is 4.77. The maximum absolute atomic E-state index is 12.7. The van der Waals surface area contributed by atoms with E-state index < -0.39 is 5.82 Å². The summed E-state index contributed by atoms with van der Waals surface area (Å²) in [7, 11) is 0. The van der Waals surface area contributed by atoms with E-state index >= 15 is 0 Å². The Hall–Kier alpha value is -1.54. The Kier molecular flexibility index (Phi) is 3.48. The zero-order valence-corrected chi connectivity index (χ0v) is 8.07. The van der Waals surface area contributed by atoms with Crippen molar-refractivity contribution in [2.45, 2.75) is 5.75 Å². The molecule has 1 rings (SSSR count). The summed E-state index contributed by atoms with van der Waals surface area (Å²) in [6.07, 6.45) is 0. The molecule has 0 aliphatic rings. The van der Waals surface area contributed by atoms with Crippen molar-refractivity contribution in [3.63, 3.8) is 0 Å². The molecule has 0 saturated carbocycles. The van der Waals surface area contributed by atoms with E-state index in [1.807, 2.05) is 6.07 Å². The van der Waals surface area contributed by atoms with Crippen LogP contribution in [0.5, 0.6) is 0 Å². The molecule has 3 N–H and O–H groups in total. The molecule has 1 aromatic carbocycles. The standard InChI is InChI=1S/C9H8FN3S/c10-8-2-1-6(5-14-9(12)13)7(3-8)4-11/h1-3H,5H2,(H3,12,13). The van der Waals surface area contributed by atoms with Crippen LogP contribution in [0.3, 0.4) is 0 Å². The Balaban J connectivity index is 2.87. The summed E-state index contributed by atoms with van der Waals surface area (Å²) in [6.45, 7) is 0. The number of rotatable bonds is 2. The summed E-state index contributed by atoms with van der Waals surface area (Å²) < 4.78 is 12.7. The number of nitrogens with zero attached hydrogens (tertiary/aromatic N) is 1. The van der Waals surface area contributed by atoms with E-state index in [4.69, 9.17) is 16.4 Å². The Morgan fingerprint density at radius 1 is 1.64 bits per heavy atom. The van der Waals surface area contributed by atoms with Crippen LogP contribution in [-0.2, 0) is 5.75 Å². The molecule has 0 saturated heterocycles. The molecule has 0 radical (unpaired) electrons. The second-order valence-corrected chi connectivity index (χ2v) is 3.58. The number of hydrogen-bond acceptors (Lipinski definition) is 3. The van der Waals surface area contributed by atoms with Gasteiger partial charge in [0.25, 0.3) is 0 Å². The molecular weight excluding hydrogens is 201 g/mol. The van der Waals surface area contributed by atoms with Crippen LogP contribution in [0.2, 0.25) is 0 Å². The summed E-state index contributed by atoms with van der Waals surface area (Å²) >= 11 is 1.11. The molecule has 14 heavy (non-hydrogen) atoms. The van der Waals surface area contributed by atoms with Crippen molar-refractivity contribution in [1.82, 2.24) is 0 Å².